The monoisotopic (exact) mass is 262 g/mol. The minimum absolute atomic E-state index is 0.243. The molecule has 1 aliphatic carbocycles. The SMILES string of the molecule is Clc1nc2cc3c(cc2nc1Cl)=CCC=CC=3. The molecule has 0 fully saturated rings. The van der Waals surface area contributed by atoms with Crippen molar-refractivity contribution in [2.75, 3.05) is 0 Å². The summed E-state index contributed by atoms with van der Waals surface area (Å²) in [6, 6.07) is 3.97. The molecule has 0 bridgehead atoms. The average Bonchev–Trinajstić information content (AvgIpc) is 2.53. The predicted molar refractivity (Wildman–Crippen MR) is 71.5 cm³/mol. The van der Waals surface area contributed by atoms with Crippen LogP contribution in [0.5, 0.6) is 0 Å². The van der Waals surface area contributed by atoms with E-state index in [0.29, 0.717) is 0 Å². The van der Waals surface area contributed by atoms with Gasteiger partial charge in [-0.15, -0.1) is 0 Å². The second-order valence-electron chi connectivity index (χ2n) is 3.81. The van der Waals surface area contributed by atoms with Crippen LogP contribution in [0.4, 0.5) is 0 Å². The Kier molecular flexibility index (Phi) is 2.61. The van der Waals surface area contributed by atoms with Crippen molar-refractivity contribution in [2.45, 2.75) is 6.42 Å². The molecule has 1 aromatic carbocycles. The third-order valence-corrected chi connectivity index (χ3v) is 3.30. The first kappa shape index (κ1) is 10.8. The van der Waals surface area contributed by atoms with Crippen molar-refractivity contribution in [2.24, 2.45) is 0 Å². The lowest BCUT2D eigenvalue weighted by atomic mass is 10.2. The maximum Gasteiger partial charge on any atom is 0.167 e. The standard InChI is InChI=1S/C13H8Cl2N2/c14-12-13(15)17-11-7-9-5-3-1-2-4-8(9)6-10(11)16-12/h1-2,4-7H,3H2. The second-order valence-corrected chi connectivity index (χ2v) is 4.53. The lowest BCUT2D eigenvalue weighted by molar-refractivity contribution is 1.28. The first-order chi connectivity index (χ1) is 8.24. The number of rotatable bonds is 0. The topological polar surface area (TPSA) is 25.8 Å². The zero-order valence-corrected chi connectivity index (χ0v) is 10.3. The fraction of sp³-hybridized carbons (Fsp3) is 0.0769. The molecule has 4 heteroatoms. The van der Waals surface area contributed by atoms with Gasteiger partial charge in [0.2, 0.25) is 0 Å². The molecule has 1 aliphatic rings. The lowest BCUT2D eigenvalue weighted by Crippen LogP contribution is -2.23. The maximum absolute atomic E-state index is 5.87. The largest absolute Gasteiger partial charge is 0.231 e. The van der Waals surface area contributed by atoms with Crippen molar-refractivity contribution in [3.05, 3.63) is 45.0 Å². The smallest absolute Gasteiger partial charge is 0.167 e. The Bertz CT molecular complexity index is 748. The van der Waals surface area contributed by atoms with E-state index in [9.17, 15) is 0 Å². The number of allylic oxidation sites excluding steroid dienone is 2. The van der Waals surface area contributed by atoms with Crippen LogP contribution < -0.4 is 10.4 Å². The molecule has 1 heterocycles. The molecule has 0 saturated carbocycles. The Morgan fingerprint density at radius 2 is 1.59 bits per heavy atom. The minimum Gasteiger partial charge on any atom is -0.231 e. The average molecular weight is 263 g/mol. The highest BCUT2D eigenvalue weighted by Crippen LogP contribution is 2.19. The van der Waals surface area contributed by atoms with Gasteiger partial charge in [-0.3, -0.25) is 0 Å². The Morgan fingerprint density at radius 3 is 2.29 bits per heavy atom. The number of nitrogens with zero attached hydrogens (tertiary/aromatic N) is 2. The molecule has 0 saturated heterocycles. The lowest BCUT2D eigenvalue weighted by Gasteiger charge is -2.00. The fourth-order valence-electron chi connectivity index (χ4n) is 1.86. The van der Waals surface area contributed by atoms with Crippen LogP contribution in [0.15, 0.2) is 24.3 Å². The molecule has 3 rings (SSSR count). The molecular formula is C13H8Cl2N2. The molecule has 0 N–H and O–H groups in total. The summed E-state index contributed by atoms with van der Waals surface area (Å²) in [5, 5.41) is 2.76. The highest BCUT2D eigenvalue weighted by molar-refractivity contribution is 6.40. The van der Waals surface area contributed by atoms with Crippen molar-refractivity contribution in [3.8, 4) is 0 Å². The molecule has 0 atom stereocenters. The summed E-state index contributed by atoms with van der Waals surface area (Å²) in [7, 11) is 0. The third kappa shape index (κ3) is 1.94. The van der Waals surface area contributed by atoms with Crippen LogP contribution in [-0.2, 0) is 0 Å². The van der Waals surface area contributed by atoms with E-state index in [1.165, 1.54) is 0 Å². The van der Waals surface area contributed by atoms with Crippen LogP contribution in [0.25, 0.3) is 23.2 Å². The molecule has 0 radical (unpaired) electrons. The molecule has 2 nitrogen and oxygen atoms in total. The van der Waals surface area contributed by atoms with Gasteiger partial charge in [-0.1, -0.05) is 47.5 Å². The first-order valence-corrected chi connectivity index (χ1v) is 5.99. The molecular weight excluding hydrogens is 255 g/mol. The fourth-order valence-corrected chi connectivity index (χ4v) is 2.13. The van der Waals surface area contributed by atoms with Crippen LogP contribution >= 0.6 is 23.2 Å². The van der Waals surface area contributed by atoms with E-state index in [-0.39, 0.29) is 10.3 Å². The number of benzene rings is 1. The van der Waals surface area contributed by atoms with Crippen LogP contribution in [-0.4, -0.2) is 9.97 Å². The maximum atomic E-state index is 5.87. The van der Waals surface area contributed by atoms with Gasteiger partial charge in [0, 0.05) is 0 Å². The Balaban J connectivity index is 2.44. The molecule has 0 amide bonds. The summed E-state index contributed by atoms with van der Waals surface area (Å²) in [5.74, 6) is 0. The van der Waals surface area contributed by atoms with E-state index in [1.807, 2.05) is 18.2 Å². The van der Waals surface area contributed by atoms with Gasteiger partial charge in [0.05, 0.1) is 11.0 Å². The Morgan fingerprint density at radius 1 is 0.941 bits per heavy atom. The number of hydrogen-bond acceptors (Lipinski definition) is 2. The van der Waals surface area contributed by atoms with Gasteiger partial charge in [-0.05, 0) is 29.0 Å². The van der Waals surface area contributed by atoms with Crippen molar-refractivity contribution < 1.29 is 0 Å². The van der Waals surface area contributed by atoms with Gasteiger partial charge in [0.25, 0.3) is 0 Å². The van der Waals surface area contributed by atoms with Crippen LogP contribution in [0.2, 0.25) is 10.3 Å². The van der Waals surface area contributed by atoms with E-state index in [1.54, 1.807) is 0 Å². The quantitative estimate of drug-likeness (QED) is 0.729. The van der Waals surface area contributed by atoms with Crippen LogP contribution in [0.3, 0.4) is 0 Å². The number of aromatic nitrogens is 2. The Labute approximate surface area is 108 Å². The minimum atomic E-state index is 0.243. The van der Waals surface area contributed by atoms with E-state index < -0.39 is 0 Å². The summed E-state index contributed by atoms with van der Waals surface area (Å²) >= 11 is 11.7. The van der Waals surface area contributed by atoms with E-state index >= 15 is 0 Å². The summed E-state index contributed by atoms with van der Waals surface area (Å²) in [5.41, 5.74) is 1.53. The summed E-state index contributed by atoms with van der Waals surface area (Å²) in [4.78, 5) is 8.46. The molecule has 17 heavy (non-hydrogen) atoms. The summed E-state index contributed by atoms with van der Waals surface area (Å²) < 4.78 is 0. The van der Waals surface area contributed by atoms with Crippen LogP contribution in [0.1, 0.15) is 6.42 Å². The number of halogens is 2. The zero-order valence-electron chi connectivity index (χ0n) is 8.82. The van der Waals surface area contributed by atoms with E-state index in [0.717, 1.165) is 27.9 Å². The van der Waals surface area contributed by atoms with Gasteiger partial charge in [-0.25, -0.2) is 9.97 Å². The van der Waals surface area contributed by atoms with E-state index in [4.69, 9.17) is 23.2 Å². The molecule has 0 aliphatic heterocycles. The normalized spacial score (nSPS) is 13.8. The third-order valence-electron chi connectivity index (χ3n) is 2.67. The molecule has 1 aromatic heterocycles. The molecule has 84 valence electrons. The van der Waals surface area contributed by atoms with Gasteiger partial charge in [0.1, 0.15) is 0 Å². The molecule has 2 aromatic rings. The number of hydrogen-bond donors (Lipinski definition) is 0. The van der Waals surface area contributed by atoms with Gasteiger partial charge >= 0.3 is 0 Å². The second kappa shape index (κ2) is 4.13. The van der Waals surface area contributed by atoms with Gasteiger partial charge in [-0.2, -0.15) is 0 Å². The first-order valence-electron chi connectivity index (χ1n) is 5.24. The van der Waals surface area contributed by atoms with Crippen molar-refractivity contribution in [1.29, 1.82) is 0 Å². The summed E-state index contributed by atoms with van der Waals surface area (Å²) in [6.07, 6.45) is 9.27. The molecule has 0 unspecified atom stereocenters. The van der Waals surface area contributed by atoms with E-state index in [2.05, 4.69) is 28.2 Å². The zero-order chi connectivity index (χ0) is 11.8. The van der Waals surface area contributed by atoms with Crippen LogP contribution in [0, 0.1) is 0 Å². The summed E-state index contributed by atoms with van der Waals surface area (Å²) in [6.45, 7) is 0. The Hall–Kier alpha value is -1.38. The predicted octanol–water partition coefficient (Wildman–Crippen LogP) is 2.46. The van der Waals surface area contributed by atoms with Crippen molar-refractivity contribution in [1.82, 2.24) is 9.97 Å². The van der Waals surface area contributed by atoms with Crippen molar-refractivity contribution in [3.63, 3.8) is 0 Å². The van der Waals surface area contributed by atoms with Gasteiger partial charge in [0.15, 0.2) is 10.3 Å². The van der Waals surface area contributed by atoms with Gasteiger partial charge < -0.3 is 0 Å². The highest BCUT2D eigenvalue weighted by atomic mass is 35.5. The van der Waals surface area contributed by atoms with Crippen molar-refractivity contribution >= 4 is 46.4 Å². The molecule has 0 spiro atoms. The highest BCUT2D eigenvalue weighted by Gasteiger charge is 2.04. The number of fused-ring (bicyclic) bond motifs is 2.